The van der Waals surface area contributed by atoms with Crippen molar-refractivity contribution in [3.05, 3.63) is 20.8 Å². The summed E-state index contributed by atoms with van der Waals surface area (Å²) in [7, 11) is 0. The zero-order valence-corrected chi connectivity index (χ0v) is 11.7. The van der Waals surface area contributed by atoms with Crippen LogP contribution in [0, 0.1) is 0 Å². The monoisotopic (exact) mass is 304 g/mol. The van der Waals surface area contributed by atoms with Crippen LogP contribution in [0.15, 0.2) is 15.9 Å². The molecule has 3 N–H and O–H groups in total. The molecule has 1 aromatic rings. The summed E-state index contributed by atoms with van der Waals surface area (Å²) in [6.45, 7) is 2.64. The maximum Gasteiger partial charge on any atom is 0.237 e. The van der Waals surface area contributed by atoms with Crippen LogP contribution in [-0.2, 0) is 11.3 Å². The lowest BCUT2D eigenvalue weighted by molar-refractivity contribution is -0.122. The van der Waals surface area contributed by atoms with Crippen LogP contribution < -0.4 is 11.1 Å². The molecule has 0 unspecified atom stereocenters. The van der Waals surface area contributed by atoms with Crippen molar-refractivity contribution in [3.8, 4) is 0 Å². The average Bonchev–Trinajstić information content (AvgIpc) is 2.68. The third-order valence-electron chi connectivity index (χ3n) is 2.32. The van der Waals surface area contributed by atoms with Crippen molar-refractivity contribution in [3.63, 3.8) is 0 Å². The highest BCUT2D eigenvalue weighted by Gasteiger charge is 2.12. The molecule has 1 heterocycles. The van der Waals surface area contributed by atoms with E-state index in [1.165, 1.54) is 0 Å². The molecule has 0 aliphatic rings. The summed E-state index contributed by atoms with van der Waals surface area (Å²) in [6, 6.07) is 1.60. The minimum Gasteiger partial charge on any atom is -0.350 e. The Balaban J connectivity index is 2.32. The molecule has 0 bridgehead atoms. The molecule has 0 saturated heterocycles. The van der Waals surface area contributed by atoms with E-state index in [1.54, 1.807) is 11.3 Å². The number of hydrogen-bond acceptors (Lipinski definition) is 3. The second kappa shape index (κ2) is 7.04. The smallest absolute Gasteiger partial charge is 0.237 e. The summed E-state index contributed by atoms with van der Waals surface area (Å²) in [4.78, 5) is 12.7. The van der Waals surface area contributed by atoms with E-state index in [0.717, 1.165) is 28.6 Å². The fourth-order valence-corrected chi connectivity index (χ4v) is 2.74. The number of amides is 1. The number of nitrogens with one attached hydrogen (secondary N) is 1. The van der Waals surface area contributed by atoms with Gasteiger partial charge < -0.3 is 11.1 Å². The van der Waals surface area contributed by atoms with Gasteiger partial charge in [-0.3, -0.25) is 4.79 Å². The molecule has 0 aliphatic carbocycles. The molecular weight excluding hydrogens is 288 g/mol. The Bertz CT molecular complexity index is 340. The number of nitrogens with two attached hydrogens (primary N) is 1. The molecule has 3 nitrogen and oxygen atoms in total. The van der Waals surface area contributed by atoms with Gasteiger partial charge in [0, 0.05) is 9.35 Å². The van der Waals surface area contributed by atoms with E-state index in [9.17, 15) is 4.79 Å². The highest BCUT2D eigenvalue weighted by atomic mass is 79.9. The van der Waals surface area contributed by atoms with Gasteiger partial charge in [-0.1, -0.05) is 19.8 Å². The summed E-state index contributed by atoms with van der Waals surface area (Å²) in [5, 5.41) is 4.84. The molecule has 1 rings (SSSR count). The maximum atomic E-state index is 11.6. The van der Waals surface area contributed by atoms with Crippen LogP contribution in [0.3, 0.4) is 0 Å². The molecule has 90 valence electrons. The van der Waals surface area contributed by atoms with Crippen molar-refractivity contribution < 1.29 is 4.79 Å². The van der Waals surface area contributed by atoms with Gasteiger partial charge >= 0.3 is 0 Å². The van der Waals surface area contributed by atoms with Gasteiger partial charge in [0.15, 0.2) is 0 Å². The quantitative estimate of drug-likeness (QED) is 0.849. The molecule has 0 spiro atoms. The summed E-state index contributed by atoms with van der Waals surface area (Å²) >= 11 is 5.04. The van der Waals surface area contributed by atoms with Gasteiger partial charge in [0.1, 0.15) is 0 Å². The van der Waals surface area contributed by atoms with Gasteiger partial charge in [-0.25, -0.2) is 0 Å². The second-order valence-electron chi connectivity index (χ2n) is 3.66. The number of halogens is 1. The first-order chi connectivity index (χ1) is 7.65. The summed E-state index contributed by atoms with van der Waals surface area (Å²) < 4.78 is 1.04. The molecule has 1 amide bonds. The lowest BCUT2D eigenvalue weighted by atomic mass is 10.1. The number of carbonyl (C=O) groups excluding carboxylic acids is 1. The topological polar surface area (TPSA) is 55.1 Å². The number of hydrogen-bond donors (Lipinski definition) is 2. The second-order valence-corrected chi connectivity index (χ2v) is 5.51. The molecule has 1 aromatic heterocycles. The van der Waals surface area contributed by atoms with E-state index < -0.39 is 0 Å². The minimum atomic E-state index is -0.376. The Labute approximate surface area is 109 Å². The van der Waals surface area contributed by atoms with Gasteiger partial charge in [-0.2, -0.15) is 0 Å². The summed E-state index contributed by atoms with van der Waals surface area (Å²) in [5.74, 6) is -0.0613. The molecule has 0 aromatic carbocycles. The average molecular weight is 305 g/mol. The lowest BCUT2D eigenvalue weighted by Gasteiger charge is -2.11. The first kappa shape index (κ1) is 13.7. The molecular formula is C11H17BrN2OS. The van der Waals surface area contributed by atoms with Crippen molar-refractivity contribution in [1.82, 2.24) is 5.32 Å². The van der Waals surface area contributed by atoms with Crippen LogP contribution in [-0.4, -0.2) is 11.9 Å². The normalized spacial score (nSPS) is 12.4. The first-order valence-corrected chi connectivity index (χ1v) is 7.07. The van der Waals surface area contributed by atoms with E-state index >= 15 is 0 Å². The van der Waals surface area contributed by atoms with Crippen molar-refractivity contribution in [2.24, 2.45) is 5.73 Å². The van der Waals surface area contributed by atoms with Gasteiger partial charge in [0.05, 0.1) is 12.6 Å². The molecule has 0 radical (unpaired) electrons. The fraction of sp³-hybridized carbons (Fsp3) is 0.545. The van der Waals surface area contributed by atoms with E-state index in [-0.39, 0.29) is 11.9 Å². The number of thiophene rings is 1. The van der Waals surface area contributed by atoms with Crippen molar-refractivity contribution in [2.45, 2.75) is 38.8 Å². The lowest BCUT2D eigenvalue weighted by Crippen LogP contribution is -2.40. The predicted octanol–water partition coefficient (Wildman–Crippen LogP) is 2.64. The Morgan fingerprint density at radius 1 is 1.69 bits per heavy atom. The predicted molar refractivity (Wildman–Crippen MR) is 71.4 cm³/mol. The molecule has 0 saturated carbocycles. The minimum absolute atomic E-state index is 0.0613. The van der Waals surface area contributed by atoms with Crippen LogP contribution in [0.5, 0.6) is 0 Å². The Kier molecular flexibility index (Phi) is 6.01. The van der Waals surface area contributed by atoms with Gasteiger partial charge in [0.25, 0.3) is 0 Å². The van der Waals surface area contributed by atoms with Crippen molar-refractivity contribution in [2.75, 3.05) is 0 Å². The Morgan fingerprint density at radius 3 is 3.00 bits per heavy atom. The van der Waals surface area contributed by atoms with Crippen LogP contribution in [0.25, 0.3) is 0 Å². The zero-order chi connectivity index (χ0) is 12.0. The van der Waals surface area contributed by atoms with Crippen molar-refractivity contribution in [1.29, 1.82) is 0 Å². The van der Waals surface area contributed by atoms with E-state index in [4.69, 9.17) is 5.73 Å². The fourth-order valence-electron chi connectivity index (χ4n) is 1.30. The van der Waals surface area contributed by atoms with E-state index in [0.29, 0.717) is 6.54 Å². The Morgan fingerprint density at radius 2 is 2.44 bits per heavy atom. The first-order valence-electron chi connectivity index (χ1n) is 5.40. The number of unbranched alkanes of at least 4 members (excludes halogenated alkanes) is 1. The van der Waals surface area contributed by atoms with Crippen LogP contribution in [0.2, 0.25) is 0 Å². The van der Waals surface area contributed by atoms with Gasteiger partial charge in [0.2, 0.25) is 5.91 Å². The number of carbonyl (C=O) groups is 1. The molecule has 0 fully saturated rings. The van der Waals surface area contributed by atoms with Gasteiger partial charge in [-0.05, 0) is 33.8 Å². The van der Waals surface area contributed by atoms with E-state index in [1.807, 2.05) is 11.4 Å². The highest BCUT2D eigenvalue weighted by molar-refractivity contribution is 9.10. The summed E-state index contributed by atoms with van der Waals surface area (Å²) in [5.41, 5.74) is 5.76. The third kappa shape index (κ3) is 4.23. The number of rotatable bonds is 6. The van der Waals surface area contributed by atoms with Crippen molar-refractivity contribution >= 4 is 33.2 Å². The van der Waals surface area contributed by atoms with Gasteiger partial charge in [-0.15, -0.1) is 11.3 Å². The van der Waals surface area contributed by atoms with Crippen LogP contribution in [0.4, 0.5) is 0 Å². The zero-order valence-electron chi connectivity index (χ0n) is 9.33. The molecule has 16 heavy (non-hydrogen) atoms. The van der Waals surface area contributed by atoms with Crippen LogP contribution >= 0.6 is 27.3 Å². The molecule has 1 atom stereocenters. The third-order valence-corrected chi connectivity index (χ3v) is 4.25. The SMILES string of the molecule is CCCC[C@H](N)C(=O)NCc1sccc1Br. The largest absolute Gasteiger partial charge is 0.350 e. The van der Waals surface area contributed by atoms with Crippen LogP contribution in [0.1, 0.15) is 31.1 Å². The Hall–Kier alpha value is -0.390. The summed E-state index contributed by atoms with van der Waals surface area (Å²) in [6.07, 6.45) is 2.82. The maximum absolute atomic E-state index is 11.6. The highest BCUT2D eigenvalue weighted by Crippen LogP contribution is 2.22. The van der Waals surface area contributed by atoms with E-state index in [2.05, 4.69) is 28.2 Å². The standard InChI is InChI=1S/C11H17BrN2OS/c1-2-3-4-9(13)11(15)14-7-10-8(12)5-6-16-10/h5-6,9H,2-4,7,13H2,1H3,(H,14,15)/t9-/m0/s1. The molecule has 0 aliphatic heterocycles. The molecule has 5 heteroatoms.